The number of amides is 1. The summed E-state index contributed by atoms with van der Waals surface area (Å²) in [6, 6.07) is 5.53. The van der Waals surface area contributed by atoms with E-state index in [0.717, 1.165) is 36.6 Å². The summed E-state index contributed by atoms with van der Waals surface area (Å²) in [4.78, 5) is 33.3. The fourth-order valence-corrected chi connectivity index (χ4v) is 5.63. The lowest BCUT2D eigenvalue weighted by Gasteiger charge is -2.30. The maximum absolute atomic E-state index is 12.7. The van der Waals surface area contributed by atoms with Gasteiger partial charge in [-0.2, -0.15) is 4.98 Å². The van der Waals surface area contributed by atoms with Crippen molar-refractivity contribution in [2.45, 2.75) is 65.9 Å². The van der Waals surface area contributed by atoms with Gasteiger partial charge in [-0.1, -0.05) is 25.1 Å². The second-order valence-corrected chi connectivity index (χ2v) is 12.2. The monoisotopic (exact) mass is 587 g/mol. The van der Waals surface area contributed by atoms with Gasteiger partial charge in [0, 0.05) is 50.4 Å². The summed E-state index contributed by atoms with van der Waals surface area (Å²) < 4.78 is 5.97. The molecule has 0 unspecified atom stereocenters. The summed E-state index contributed by atoms with van der Waals surface area (Å²) in [5.41, 5.74) is 5.16. The Hall–Kier alpha value is -3.56. The molecule has 2 aromatic heterocycles. The van der Waals surface area contributed by atoms with E-state index >= 15 is 0 Å². The van der Waals surface area contributed by atoms with Gasteiger partial charge in [0.05, 0.1) is 12.7 Å². The molecule has 0 spiro atoms. The molecule has 1 saturated heterocycles. The van der Waals surface area contributed by atoms with Crippen LogP contribution in [0.5, 0.6) is 0 Å². The van der Waals surface area contributed by atoms with Crippen LogP contribution in [0.4, 0.5) is 17.6 Å². The number of nitrogens with zero attached hydrogens (tertiary/aromatic N) is 6. The highest BCUT2D eigenvalue weighted by Gasteiger charge is 2.24. The zero-order valence-electron chi connectivity index (χ0n) is 27.2. The van der Waals surface area contributed by atoms with Gasteiger partial charge in [-0.05, 0) is 95.9 Å². The Kier molecular flexibility index (Phi) is 11.1. The molecule has 1 atom stereocenters. The molecule has 43 heavy (non-hydrogen) atoms. The van der Waals surface area contributed by atoms with Crippen LogP contribution in [0.25, 0.3) is 0 Å². The highest BCUT2D eigenvalue weighted by Crippen LogP contribution is 2.33. The molecule has 2 aliphatic rings. The predicted molar refractivity (Wildman–Crippen MR) is 175 cm³/mol. The molecule has 9 nitrogen and oxygen atoms in total. The van der Waals surface area contributed by atoms with Crippen LogP contribution >= 0.6 is 0 Å². The fourth-order valence-electron chi connectivity index (χ4n) is 5.63. The van der Waals surface area contributed by atoms with Gasteiger partial charge < -0.3 is 24.8 Å². The lowest BCUT2D eigenvalue weighted by Crippen LogP contribution is -2.30. The summed E-state index contributed by atoms with van der Waals surface area (Å²) in [6.07, 6.45) is 12.0. The van der Waals surface area contributed by atoms with Crippen molar-refractivity contribution < 1.29 is 9.53 Å². The van der Waals surface area contributed by atoms with Crippen molar-refractivity contribution in [3.05, 3.63) is 70.7 Å². The van der Waals surface area contributed by atoms with Gasteiger partial charge >= 0.3 is 0 Å². The highest BCUT2D eigenvalue weighted by atomic mass is 16.5. The van der Waals surface area contributed by atoms with Gasteiger partial charge in [-0.15, -0.1) is 0 Å². The molecular weight excluding hydrogens is 538 g/mol. The van der Waals surface area contributed by atoms with Crippen LogP contribution in [-0.2, 0) is 4.74 Å². The molecule has 2 aromatic rings. The Morgan fingerprint density at radius 1 is 1.16 bits per heavy atom. The molecule has 232 valence electrons. The molecule has 1 amide bonds. The van der Waals surface area contributed by atoms with Gasteiger partial charge in [0.2, 0.25) is 5.95 Å². The highest BCUT2D eigenvalue weighted by molar-refractivity contribution is 5.92. The Morgan fingerprint density at radius 2 is 1.91 bits per heavy atom. The second-order valence-electron chi connectivity index (χ2n) is 12.2. The van der Waals surface area contributed by atoms with Crippen LogP contribution in [0.15, 0.2) is 59.5 Å². The molecule has 1 aliphatic heterocycles. The zero-order valence-corrected chi connectivity index (χ0v) is 27.2. The standard InChI is InChI=1S/C34H49N7O2/c1-9-41(31-15-11-14-30(37-31)33(42)39(6)7)32-29(25(5)22-43-23(2)3)21-35-34(38-32)36-27-12-10-13-28(24(4)20-27)26-16-18-40(8)19-17-26/h10-11,13-15,20-21,23,25-26H,9,12,16-19,22H2,1-8H3,(H,35,36,38)/t25-/m1/s1. The number of likely N-dealkylation sites (tertiary alicyclic amines) is 1. The molecule has 0 saturated carbocycles. The van der Waals surface area contributed by atoms with Crippen molar-refractivity contribution in [3.63, 3.8) is 0 Å². The average Bonchev–Trinajstić information content (AvgIpc) is 3.17. The first-order chi connectivity index (χ1) is 20.6. The molecule has 9 heteroatoms. The minimum atomic E-state index is -0.140. The summed E-state index contributed by atoms with van der Waals surface area (Å²) in [7, 11) is 5.67. The summed E-state index contributed by atoms with van der Waals surface area (Å²) in [5.74, 6) is 2.46. The number of carbonyl (C=O) groups is 1. The molecule has 1 N–H and O–H groups in total. The van der Waals surface area contributed by atoms with E-state index < -0.39 is 0 Å². The molecule has 1 fully saturated rings. The molecule has 0 bridgehead atoms. The number of rotatable bonds is 11. The van der Waals surface area contributed by atoms with Crippen molar-refractivity contribution in [3.8, 4) is 0 Å². The Morgan fingerprint density at radius 3 is 2.58 bits per heavy atom. The number of pyridine rings is 1. The minimum Gasteiger partial charge on any atom is -0.378 e. The largest absolute Gasteiger partial charge is 0.378 e. The lowest BCUT2D eigenvalue weighted by atomic mass is 9.86. The third-order valence-corrected chi connectivity index (χ3v) is 8.13. The topological polar surface area (TPSA) is 86.7 Å². The van der Waals surface area contributed by atoms with Crippen LogP contribution in [-0.4, -0.2) is 84.1 Å². The van der Waals surface area contributed by atoms with Crippen molar-refractivity contribution in [2.75, 3.05) is 57.6 Å². The van der Waals surface area contributed by atoms with Crippen molar-refractivity contribution in [2.24, 2.45) is 5.92 Å². The van der Waals surface area contributed by atoms with Crippen LogP contribution in [0.1, 0.15) is 75.9 Å². The average molecular weight is 588 g/mol. The number of carbonyl (C=O) groups excluding carboxylic acids is 1. The minimum absolute atomic E-state index is 0.0504. The Labute approximate surface area is 257 Å². The third kappa shape index (κ3) is 8.30. The number of ether oxygens (including phenoxy) is 1. The van der Waals surface area contributed by atoms with Gasteiger partial charge in [0.1, 0.15) is 17.3 Å². The number of nitrogens with one attached hydrogen (secondary N) is 1. The fraction of sp³-hybridized carbons (Fsp3) is 0.529. The van der Waals surface area contributed by atoms with E-state index in [2.05, 4.69) is 56.3 Å². The maximum atomic E-state index is 12.7. The van der Waals surface area contributed by atoms with Crippen LogP contribution in [0, 0.1) is 5.92 Å². The van der Waals surface area contributed by atoms with E-state index in [-0.39, 0.29) is 17.9 Å². The van der Waals surface area contributed by atoms with E-state index in [1.54, 1.807) is 20.2 Å². The first-order valence-corrected chi connectivity index (χ1v) is 15.6. The number of allylic oxidation sites excluding steroid dienone is 5. The molecule has 1 aliphatic carbocycles. The van der Waals surface area contributed by atoms with Crippen molar-refractivity contribution >= 4 is 23.5 Å². The summed E-state index contributed by atoms with van der Waals surface area (Å²) in [6.45, 7) is 13.9. The first-order valence-electron chi connectivity index (χ1n) is 15.6. The van der Waals surface area contributed by atoms with Crippen LogP contribution < -0.4 is 10.2 Å². The molecule has 3 heterocycles. The molecule has 0 aromatic carbocycles. The number of hydrogen-bond acceptors (Lipinski definition) is 8. The summed E-state index contributed by atoms with van der Waals surface area (Å²) >= 11 is 0. The number of aromatic nitrogens is 3. The SMILES string of the molecule is CCN(c1cccc(C(=O)N(C)C)n1)c1nc(NC2=CC(C)=C(C3CCN(C)CC3)C=CC2)ncc1[C@H](C)COC(C)C. The molecule has 0 radical (unpaired) electrons. The van der Waals surface area contributed by atoms with Crippen molar-refractivity contribution in [1.29, 1.82) is 0 Å². The van der Waals surface area contributed by atoms with E-state index in [0.29, 0.717) is 36.5 Å². The summed E-state index contributed by atoms with van der Waals surface area (Å²) in [5, 5.41) is 3.52. The van der Waals surface area contributed by atoms with Gasteiger partial charge in [0.15, 0.2) is 0 Å². The Balaban J connectivity index is 1.68. The second kappa shape index (κ2) is 14.8. The Bertz CT molecular complexity index is 1360. The zero-order chi connectivity index (χ0) is 31.1. The van der Waals surface area contributed by atoms with E-state index in [9.17, 15) is 4.79 Å². The van der Waals surface area contributed by atoms with E-state index in [1.807, 2.05) is 37.1 Å². The van der Waals surface area contributed by atoms with E-state index in [1.165, 1.54) is 28.9 Å². The maximum Gasteiger partial charge on any atom is 0.272 e. The number of hydrogen-bond donors (Lipinski definition) is 1. The van der Waals surface area contributed by atoms with E-state index in [4.69, 9.17) is 19.7 Å². The lowest BCUT2D eigenvalue weighted by molar-refractivity contribution is 0.0702. The third-order valence-electron chi connectivity index (χ3n) is 8.13. The number of anilines is 3. The molecule has 4 rings (SSSR count). The first kappa shape index (κ1) is 32.4. The molecular formula is C34H49N7O2. The quantitative estimate of drug-likeness (QED) is 0.334. The predicted octanol–water partition coefficient (Wildman–Crippen LogP) is 6.17. The van der Waals surface area contributed by atoms with Gasteiger partial charge in [0.25, 0.3) is 5.91 Å². The smallest absolute Gasteiger partial charge is 0.272 e. The number of piperidine rings is 1. The van der Waals surface area contributed by atoms with Crippen LogP contribution in [0.3, 0.4) is 0 Å². The van der Waals surface area contributed by atoms with Gasteiger partial charge in [-0.25, -0.2) is 9.97 Å². The van der Waals surface area contributed by atoms with Gasteiger partial charge in [-0.3, -0.25) is 4.79 Å². The normalized spacial score (nSPS) is 17.1. The van der Waals surface area contributed by atoms with Crippen molar-refractivity contribution in [1.82, 2.24) is 24.8 Å². The van der Waals surface area contributed by atoms with Crippen LogP contribution in [0.2, 0.25) is 0 Å².